The van der Waals surface area contributed by atoms with Crippen molar-refractivity contribution in [2.24, 2.45) is 0 Å². The number of amides is 1. The van der Waals surface area contributed by atoms with Gasteiger partial charge in [0.25, 0.3) is 0 Å². The van der Waals surface area contributed by atoms with E-state index in [4.69, 9.17) is 9.47 Å². The van der Waals surface area contributed by atoms with Crippen molar-refractivity contribution >= 4 is 11.6 Å². The molecular weight excluding hydrogens is 273 g/mol. The van der Waals surface area contributed by atoms with E-state index in [1.54, 1.807) is 42.5 Å². The van der Waals surface area contributed by atoms with Crippen molar-refractivity contribution in [2.75, 3.05) is 18.5 Å². The molecule has 0 saturated heterocycles. The van der Waals surface area contributed by atoms with E-state index < -0.39 is 5.82 Å². The minimum atomic E-state index is -0.398. The van der Waals surface area contributed by atoms with Gasteiger partial charge in [-0.3, -0.25) is 4.79 Å². The van der Waals surface area contributed by atoms with Crippen molar-refractivity contribution < 1.29 is 18.7 Å². The van der Waals surface area contributed by atoms with Gasteiger partial charge in [0.15, 0.2) is 11.6 Å². The molecule has 0 fully saturated rings. The molecule has 4 nitrogen and oxygen atoms in total. The molecule has 0 spiro atoms. The van der Waals surface area contributed by atoms with Gasteiger partial charge in [-0.1, -0.05) is 18.2 Å². The summed E-state index contributed by atoms with van der Waals surface area (Å²) in [4.78, 5) is 11.0. The topological polar surface area (TPSA) is 47.6 Å². The Bertz CT molecular complexity index is 616. The van der Waals surface area contributed by atoms with Gasteiger partial charge in [0.1, 0.15) is 19.0 Å². The number of ether oxygens (including phenoxy) is 2. The molecule has 0 aliphatic rings. The highest BCUT2D eigenvalue weighted by molar-refractivity contribution is 5.88. The summed E-state index contributed by atoms with van der Waals surface area (Å²) in [5, 5.41) is 2.67. The number of carbonyl (C=O) groups is 1. The number of hydrogen-bond donors (Lipinski definition) is 1. The molecule has 0 unspecified atom stereocenters. The number of hydrogen-bond acceptors (Lipinski definition) is 3. The predicted molar refractivity (Wildman–Crippen MR) is 78.1 cm³/mol. The molecule has 1 amide bonds. The fraction of sp³-hybridized carbons (Fsp3) is 0.188. The Balaban J connectivity index is 1.81. The highest BCUT2D eigenvalue weighted by Crippen LogP contribution is 2.18. The van der Waals surface area contributed by atoms with E-state index in [1.165, 1.54) is 13.0 Å². The Hall–Kier alpha value is -2.56. The zero-order valence-corrected chi connectivity index (χ0v) is 11.6. The molecule has 5 heteroatoms. The lowest BCUT2D eigenvalue weighted by molar-refractivity contribution is -0.114. The van der Waals surface area contributed by atoms with Crippen LogP contribution in [0, 0.1) is 5.82 Å². The first-order chi connectivity index (χ1) is 10.1. The summed E-state index contributed by atoms with van der Waals surface area (Å²) < 4.78 is 24.1. The van der Waals surface area contributed by atoms with Crippen LogP contribution in [-0.2, 0) is 4.79 Å². The lowest BCUT2D eigenvalue weighted by Crippen LogP contribution is -2.10. The van der Waals surface area contributed by atoms with Crippen LogP contribution in [0.3, 0.4) is 0 Å². The second kappa shape index (κ2) is 7.28. The van der Waals surface area contributed by atoms with E-state index in [0.717, 1.165) is 0 Å². The third kappa shape index (κ3) is 4.80. The zero-order chi connectivity index (χ0) is 15.1. The van der Waals surface area contributed by atoms with Crippen LogP contribution in [0.25, 0.3) is 0 Å². The van der Waals surface area contributed by atoms with Gasteiger partial charge < -0.3 is 14.8 Å². The van der Waals surface area contributed by atoms with E-state index in [9.17, 15) is 9.18 Å². The van der Waals surface area contributed by atoms with Crippen molar-refractivity contribution in [1.29, 1.82) is 0 Å². The highest BCUT2D eigenvalue weighted by Gasteiger charge is 2.02. The molecule has 0 atom stereocenters. The van der Waals surface area contributed by atoms with Crippen LogP contribution < -0.4 is 14.8 Å². The van der Waals surface area contributed by atoms with E-state index in [2.05, 4.69) is 5.32 Å². The fourth-order valence-electron chi connectivity index (χ4n) is 1.74. The summed E-state index contributed by atoms with van der Waals surface area (Å²) in [5.74, 6) is 0.270. The van der Waals surface area contributed by atoms with Crippen LogP contribution in [0.15, 0.2) is 48.5 Å². The van der Waals surface area contributed by atoms with Gasteiger partial charge in [0.05, 0.1) is 0 Å². The summed E-state index contributed by atoms with van der Waals surface area (Å²) in [5.41, 5.74) is 0.662. The fourth-order valence-corrected chi connectivity index (χ4v) is 1.74. The number of anilines is 1. The van der Waals surface area contributed by atoms with Crippen LogP contribution in [0.5, 0.6) is 11.5 Å². The molecule has 0 aliphatic carbocycles. The summed E-state index contributed by atoms with van der Waals surface area (Å²) in [6.45, 7) is 1.94. The Morgan fingerprint density at radius 1 is 1.10 bits per heavy atom. The number of carbonyl (C=O) groups excluding carboxylic acids is 1. The summed E-state index contributed by atoms with van der Waals surface area (Å²) in [6.07, 6.45) is 0. The van der Waals surface area contributed by atoms with Crippen LogP contribution in [0.2, 0.25) is 0 Å². The third-order valence-electron chi connectivity index (χ3n) is 2.60. The number of rotatable bonds is 6. The second-order valence-corrected chi connectivity index (χ2v) is 4.34. The monoisotopic (exact) mass is 289 g/mol. The van der Waals surface area contributed by atoms with Crippen molar-refractivity contribution in [2.45, 2.75) is 6.92 Å². The van der Waals surface area contributed by atoms with Crippen LogP contribution in [-0.4, -0.2) is 19.1 Å². The third-order valence-corrected chi connectivity index (χ3v) is 2.60. The van der Waals surface area contributed by atoms with Crippen molar-refractivity contribution in [3.8, 4) is 11.5 Å². The molecule has 0 aliphatic heterocycles. The highest BCUT2D eigenvalue weighted by atomic mass is 19.1. The molecule has 0 radical (unpaired) electrons. The number of benzene rings is 2. The lowest BCUT2D eigenvalue weighted by Gasteiger charge is -2.10. The SMILES string of the molecule is CC(=O)Nc1cccc(OCCOc2ccccc2F)c1. The van der Waals surface area contributed by atoms with E-state index in [-0.39, 0.29) is 24.9 Å². The summed E-state index contributed by atoms with van der Waals surface area (Å²) >= 11 is 0. The van der Waals surface area contributed by atoms with E-state index in [0.29, 0.717) is 11.4 Å². The number of para-hydroxylation sites is 1. The standard InChI is InChI=1S/C16H16FNO3/c1-12(19)18-13-5-4-6-14(11-13)20-9-10-21-16-8-3-2-7-15(16)17/h2-8,11H,9-10H2,1H3,(H,18,19). The number of halogens is 1. The minimum absolute atomic E-state index is 0.143. The van der Waals surface area contributed by atoms with Gasteiger partial charge in [-0.25, -0.2) is 4.39 Å². The molecular formula is C16H16FNO3. The summed E-state index contributed by atoms with van der Waals surface area (Å²) in [6, 6.07) is 13.2. The quantitative estimate of drug-likeness (QED) is 0.830. The molecule has 110 valence electrons. The maximum absolute atomic E-state index is 13.3. The average molecular weight is 289 g/mol. The Morgan fingerprint density at radius 3 is 2.62 bits per heavy atom. The smallest absolute Gasteiger partial charge is 0.221 e. The molecule has 1 N–H and O–H groups in total. The van der Waals surface area contributed by atoms with E-state index in [1.807, 2.05) is 0 Å². The largest absolute Gasteiger partial charge is 0.490 e. The van der Waals surface area contributed by atoms with Crippen molar-refractivity contribution in [3.63, 3.8) is 0 Å². The second-order valence-electron chi connectivity index (χ2n) is 4.34. The van der Waals surface area contributed by atoms with Crippen molar-refractivity contribution in [1.82, 2.24) is 0 Å². The average Bonchev–Trinajstić information content (AvgIpc) is 2.45. The maximum Gasteiger partial charge on any atom is 0.221 e. The molecule has 0 heterocycles. The van der Waals surface area contributed by atoms with Gasteiger partial charge in [0.2, 0.25) is 5.91 Å². The molecule has 2 aromatic carbocycles. The van der Waals surface area contributed by atoms with Crippen molar-refractivity contribution in [3.05, 3.63) is 54.3 Å². The molecule has 21 heavy (non-hydrogen) atoms. The maximum atomic E-state index is 13.3. The Kier molecular flexibility index (Phi) is 5.15. The first-order valence-electron chi connectivity index (χ1n) is 6.53. The van der Waals surface area contributed by atoms with Gasteiger partial charge in [0, 0.05) is 18.7 Å². The molecule has 2 aromatic rings. The minimum Gasteiger partial charge on any atom is -0.490 e. The summed E-state index contributed by atoms with van der Waals surface area (Å²) in [7, 11) is 0. The number of nitrogens with one attached hydrogen (secondary N) is 1. The van der Waals surface area contributed by atoms with Gasteiger partial charge >= 0.3 is 0 Å². The lowest BCUT2D eigenvalue weighted by atomic mass is 10.3. The molecule has 0 bridgehead atoms. The van der Waals surface area contributed by atoms with Gasteiger partial charge in [-0.15, -0.1) is 0 Å². The van der Waals surface area contributed by atoms with Crippen LogP contribution >= 0.6 is 0 Å². The van der Waals surface area contributed by atoms with Crippen LogP contribution in [0.1, 0.15) is 6.92 Å². The molecule has 2 rings (SSSR count). The Labute approximate surface area is 122 Å². The van der Waals surface area contributed by atoms with E-state index >= 15 is 0 Å². The first kappa shape index (κ1) is 14.8. The normalized spacial score (nSPS) is 10.0. The zero-order valence-electron chi connectivity index (χ0n) is 11.6. The first-order valence-corrected chi connectivity index (χ1v) is 6.53. The Morgan fingerprint density at radius 2 is 1.86 bits per heavy atom. The molecule has 0 saturated carbocycles. The van der Waals surface area contributed by atoms with Gasteiger partial charge in [-0.05, 0) is 24.3 Å². The predicted octanol–water partition coefficient (Wildman–Crippen LogP) is 3.24. The van der Waals surface area contributed by atoms with Gasteiger partial charge in [-0.2, -0.15) is 0 Å². The van der Waals surface area contributed by atoms with Crippen LogP contribution in [0.4, 0.5) is 10.1 Å². The molecule has 0 aromatic heterocycles.